The minimum Gasteiger partial charge on any atom is -0.444 e. The van der Waals surface area contributed by atoms with Gasteiger partial charge >= 0.3 is 6.09 Å². The fourth-order valence-electron chi connectivity index (χ4n) is 1.41. The Labute approximate surface area is 107 Å². The summed E-state index contributed by atoms with van der Waals surface area (Å²) in [5.74, 6) is -0.346. The minimum atomic E-state index is -0.548. The Hall–Kier alpha value is -1.84. The molecule has 0 radical (unpaired) electrons. The lowest BCUT2D eigenvalue weighted by Crippen LogP contribution is -2.32. The number of halogens is 1. The summed E-state index contributed by atoms with van der Waals surface area (Å²) in [5, 5.41) is 2.58. The smallest absolute Gasteiger partial charge is 0.407 e. The molecule has 1 aromatic carbocycles. The van der Waals surface area contributed by atoms with E-state index < -0.39 is 11.7 Å². The molecule has 0 saturated heterocycles. The predicted molar refractivity (Wildman–Crippen MR) is 69.6 cm³/mol. The van der Waals surface area contributed by atoms with Gasteiger partial charge in [-0.15, -0.1) is 0 Å². The molecular weight excluding hydrogens is 233 g/mol. The van der Waals surface area contributed by atoms with Crippen LogP contribution in [0.4, 0.5) is 9.18 Å². The molecule has 1 amide bonds. The summed E-state index contributed by atoms with van der Waals surface area (Å²) in [6.07, 6.45) is 1.09. The van der Waals surface area contributed by atoms with Crippen molar-refractivity contribution in [1.82, 2.24) is 5.32 Å². The van der Waals surface area contributed by atoms with Crippen molar-refractivity contribution in [2.24, 2.45) is 0 Å². The molecule has 0 spiro atoms. The summed E-state index contributed by atoms with van der Waals surface area (Å²) in [6, 6.07) is 4.34. The lowest BCUT2D eigenvalue weighted by molar-refractivity contribution is 0.0523. The van der Waals surface area contributed by atoms with Gasteiger partial charge in [0.25, 0.3) is 0 Å². The molecule has 1 rings (SSSR count). The highest BCUT2D eigenvalue weighted by molar-refractivity contribution is 5.68. The van der Waals surface area contributed by atoms with Crippen LogP contribution in [-0.4, -0.2) is 11.7 Å². The first kappa shape index (κ1) is 14.2. The van der Waals surface area contributed by atoms with Crippen molar-refractivity contribution in [1.29, 1.82) is 0 Å². The molecule has 1 aromatic rings. The molecular formula is C14H18FNO2. The highest BCUT2D eigenvalue weighted by Gasteiger charge is 2.16. The SMILES string of the molecule is C=Cc1ccc(F)cc1CNC(=O)OC(C)(C)C. The van der Waals surface area contributed by atoms with Gasteiger partial charge in [0.15, 0.2) is 0 Å². The molecule has 0 unspecified atom stereocenters. The number of alkyl carbamates (subject to hydrolysis) is 1. The first-order valence-corrected chi connectivity index (χ1v) is 5.69. The number of amides is 1. The first-order chi connectivity index (χ1) is 8.31. The van der Waals surface area contributed by atoms with Crippen LogP contribution in [0.2, 0.25) is 0 Å². The van der Waals surface area contributed by atoms with E-state index in [1.54, 1.807) is 32.9 Å². The normalized spacial score (nSPS) is 10.9. The molecule has 1 N–H and O–H groups in total. The molecule has 0 heterocycles. The quantitative estimate of drug-likeness (QED) is 0.893. The molecule has 0 aliphatic rings. The maximum absolute atomic E-state index is 13.1. The first-order valence-electron chi connectivity index (χ1n) is 5.69. The standard InChI is InChI=1S/C14H18FNO2/c1-5-10-6-7-12(15)8-11(10)9-16-13(17)18-14(2,3)4/h5-8H,1,9H2,2-4H3,(H,16,17). The minimum absolute atomic E-state index is 0.202. The predicted octanol–water partition coefficient (Wildman–Crippen LogP) is 3.49. The molecule has 98 valence electrons. The monoisotopic (exact) mass is 251 g/mol. The van der Waals surface area contributed by atoms with E-state index in [4.69, 9.17) is 4.74 Å². The molecule has 0 atom stereocenters. The van der Waals surface area contributed by atoms with Gasteiger partial charge in [-0.1, -0.05) is 18.7 Å². The third kappa shape index (κ3) is 4.57. The van der Waals surface area contributed by atoms with E-state index in [0.717, 1.165) is 5.56 Å². The van der Waals surface area contributed by atoms with E-state index in [-0.39, 0.29) is 12.4 Å². The van der Waals surface area contributed by atoms with Crippen LogP contribution >= 0.6 is 0 Å². The second kappa shape index (κ2) is 5.67. The number of hydrogen-bond acceptors (Lipinski definition) is 2. The van der Waals surface area contributed by atoms with E-state index in [0.29, 0.717) is 5.56 Å². The van der Waals surface area contributed by atoms with Crippen molar-refractivity contribution in [2.45, 2.75) is 32.9 Å². The van der Waals surface area contributed by atoms with Gasteiger partial charge in [0.1, 0.15) is 11.4 Å². The summed E-state index contributed by atoms with van der Waals surface area (Å²) >= 11 is 0. The number of rotatable bonds is 3. The van der Waals surface area contributed by atoms with Crippen LogP contribution in [-0.2, 0) is 11.3 Å². The van der Waals surface area contributed by atoms with Gasteiger partial charge in [0.05, 0.1) is 0 Å². The van der Waals surface area contributed by atoms with Crippen LogP contribution in [0.1, 0.15) is 31.9 Å². The van der Waals surface area contributed by atoms with E-state index in [1.165, 1.54) is 12.1 Å². The van der Waals surface area contributed by atoms with Crippen molar-refractivity contribution < 1.29 is 13.9 Å². The van der Waals surface area contributed by atoms with Gasteiger partial charge in [-0.2, -0.15) is 0 Å². The topological polar surface area (TPSA) is 38.3 Å². The lowest BCUT2D eigenvalue weighted by atomic mass is 10.1. The summed E-state index contributed by atoms with van der Waals surface area (Å²) in [7, 11) is 0. The molecule has 0 aliphatic carbocycles. The van der Waals surface area contributed by atoms with Gasteiger partial charge in [-0.3, -0.25) is 0 Å². The number of nitrogens with one attached hydrogen (secondary N) is 1. The Balaban J connectivity index is 2.66. The van der Waals surface area contributed by atoms with Crippen molar-refractivity contribution in [3.63, 3.8) is 0 Å². The average molecular weight is 251 g/mol. The zero-order valence-electron chi connectivity index (χ0n) is 10.9. The molecule has 4 heteroatoms. The Morgan fingerprint density at radius 2 is 2.17 bits per heavy atom. The maximum Gasteiger partial charge on any atom is 0.407 e. The molecule has 0 bridgehead atoms. The number of ether oxygens (including phenoxy) is 1. The van der Waals surface area contributed by atoms with Crippen LogP contribution < -0.4 is 5.32 Å². The van der Waals surface area contributed by atoms with Gasteiger partial charge in [-0.05, 0) is 44.0 Å². The zero-order valence-corrected chi connectivity index (χ0v) is 10.9. The van der Waals surface area contributed by atoms with Crippen LogP contribution in [0.15, 0.2) is 24.8 Å². The highest BCUT2D eigenvalue weighted by Crippen LogP contribution is 2.13. The van der Waals surface area contributed by atoms with Crippen LogP contribution in [0.5, 0.6) is 0 Å². The molecule has 0 aliphatic heterocycles. The van der Waals surface area contributed by atoms with Gasteiger partial charge in [-0.25, -0.2) is 9.18 Å². The van der Waals surface area contributed by atoms with Crippen LogP contribution in [0.25, 0.3) is 6.08 Å². The van der Waals surface area contributed by atoms with E-state index >= 15 is 0 Å². The lowest BCUT2D eigenvalue weighted by Gasteiger charge is -2.20. The molecule has 0 saturated carbocycles. The fourth-order valence-corrected chi connectivity index (χ4v) is 1.41. The number of benzene rings is 1. The molecule has 0 fully saturated rings. The number of hydrogen-bond donors (Lipinski definition) is 1. The zero-order chi connectivity index (χ0) is 13.8. The van der Waals surface area contributed by atoms with Crippen LogP contribution in [0, 0.1) is 5.82 Å². The Bertz CT molecular complexity index is 450. The van der Waals surface area contributed by atoms with Crippen molar-refractivity contribution in [3.8, 4) is 0 Å². The van der Waals surface area contributed by atoms with Crippen molar-refractivity contribution >= 4 is 12.2 Å². The number of carbonyl (C=O) groups excluding carboxylic acids is 1. The largest absolute Gasteiger partial charge is 0.444 e. The average Bonchev–Trinajstić information content (AvgIpc) is 2.24. The van der Waals surface area contributed by atoms with Crippen molar-refractivity contribution in [3.05, 3.63) is 41.7 Å². The second-order valence-electron chi connectivity index (χ2n) is 4.90. The maximum atomic E-state index is 13.1. The van der Waals surface area contributed by atoms with Gasteiger partial charge < -0.3 is 10.1 Å². The Morgan fingerprint density at radius 1 is 1.50 bits per heavy atom. The van der Waals surface area contributed by atoms with E-state index in [1.807, 2.05) is 0 Å². The van der Waals surface area contributed by atoms with E-state index in [9.17, 15) is 9.18 Å². The Morgan fingerprint density at radius 3 is 2.72 bits per heavy atom. The fraction of sp³-hybridized carbons (Fsp3) is 0.357. The molecule has 18 heavy (non-hydrogen) atoms. The summed E-state index contributed by atoms with van der Waals surface area (Å²) in [5.41, 5.74) is 0.899. The summed E-state index contributed by atoms with van der Waals surface area (Å²) in [6.45, 7) is 9.19. The highest BCUT2D eigenvalue weighted by atomic mass is 19.1. The summed E-state index contributed by atoms with van der Waals surface area (Å²) < 4.78 is 18.2. The molecule has 0 aromatic heterocycles. The van der Waals surface area contributed by atoms with Crippen LogP contribution in [0.3, 0.4) is 0 Å². The van der Waals surface area contributed by atoms with Gasteiger partial charge in [0, 0.05) is 6.54 Å². The third-order valence-electron chi connectivity index (χ3n) is 2.15. The second-order valence-corrected chi connectivity index (χ2v) is 4.90. The van der Waals surface area contributed by atoms with E-state index in [2.05, 4.69) is 11.9 Å². The molecule has 3 nitrogen and oxygen atoms in total. The number of carbonyl (C=O) groups is 1. The van der Waals surface area contributed by atoms with Crippen molar-refractivity contribution in [2.75, 3.05) is 0 Å². The summed E-state index contributed by atoms with van der Waals surface area (Å²) in [4.78, 5) is 11.5. The third-order valence-corrected chi connectivity index (χ3v) is 2.15. The Kier molecular flexibility index (Phi) is 4.48. The van der Waals surface area contributed by atoms with Gasteiger partial charge in [0.2, 0.25) is 0 Å².